The molecule has 0 saturated carbocycles. The summed E-state index contributed by atoms with van der Waals surface area (Å²) in [5.41, 5.74) is 2.54. The van der Waals surface area contributed by atoms with Gasteiger partial charge in [-0.15, -0.1) is 0 Å². The molecule has 4 N–H and O–H groups in total. The summed E-state index contributed by atoms with van der Waals surface area (Å²) in [5, 5.41) is 27.3. The molecule has 5 rings (SSSR count). The van der Waals surface area contributed by atoms with Crippen molar-refractivity contribution in [3.8, 4) is 11.4 Å². The van der Waals surface area contributed by atoms with Crippen LogP contribution < -0.4 is 10.6 Å². The summed E-state index contributed by atoms with van der Waals surface area (Å²) in [6.07, 6.45) is -3.66. The number of hydrogen-bond donors (Lipinski definition) is 4. The van der Waals surface area contributed by atoms with E-state index in [9.17, 15) is 15.0 Å². The number of rotatable bonds is 6. The number of fused-ring (bicyclic) bond motifs is 1. The number of benzene rings is 2. The third-order valence-electron chi connectivity index (χ3n) is 5.82. The fourth-order valence-electron chi connectivity index (χ4n) is 4.01. The molecule has 11 heteroatoms. The first-order valence-electron chi connectivity index (χ1n) is 11.0. The molecule has 2 aromatic carbocycles. The maximum atomic E-state index is 12.1. The Kier molecular flexibility index (Phi) is 6.35. The highest BCUT2D eigenvalue weighted by Gasteiger charge is 2.47. The Balaban J connectivity index is 1.58. The molecule has 1 aliphatic heterocycles. The molecule has 1 saturated heterocycles. The minimum Gasteiger partial charge on any atom is -0.387 e. The Hall–Kier alpha value is -3.57. The van der Waals surface area contributed by atoms with Crippen LogP contribution in [0.15, 0.2) is 60.9 Å². The lowest BCUT2D eigenvalue weighted by Gasteiger charge is -2.17. The van der Waals surface area contributed by atoms with Crippen molar-refractivity contribution in [2.24, 2.45) is 0 Å². The number of hydrogen-bond acceptors (Lipinski definition) is 8. The zero-order valence-electron chi connectivity index (χ0n) is 18.7. The second kappa shape index (κ2) is 9.59. The zero-order valence-corrected chi connectivity index (χ0v) is 19.4. The number of aromatic nitrogens is 4. The van der Waals surface area contributed by atoms with Crippen molar-refractivity contribution in [3.63, 3.8) is 0 Å². The van der Waals surface area contributed by atoms with Crippen LogP contribution in [0, 0.1) is 0 Å². The van der Waals surface area contributed by atoms with Crippen LogP contribution in [-0.2, 0) is 16.1 Å². The number of amides is 1. The number of nitrogens with one attached hydrogen (secondary N) is 2. The third-order valence-corrected chi connectivity index (χ3v) is 6.06. The fraction of sp³-hybridized carbons (Fsp3) is 0.250. The number of carbonyl (C=O) groups is 1. The zero-order chi connectivity index (χ0) is 24.5. The van der Waals surface area contributed by atoms with Crippen molar-refractivity contribution in [1.29, 1.82) is 0 Å². The first kappa shape index (κ1) is 23.2. The van der Waals surface area contributed by atoms with Gasteiger partial charge in [0.15, 0.2) is 35.1 Å². The maximum Gasteiger partial charge on any atom is 0.251 e. The molecule has 1 fully saturated rings. The van der Waals surface area contributed by atoms with Gasteiger partial charge in [-0.25, -0.2) is 15.0 Å². The van der Waals surface area contributed by atoms with Crippen molar-refractivity contribution in [2.45, 2.75) is 31.1 Å². The lowest BCUT2D eigenvalue weighted by molar-refractivity contribution is -0.137. The molecule has 35 heavy (non-hydrogen) atoms. The number of halogens is 1. The van der Waals surface area contributed by atoms with E-state index < -0.39 is 30.4 Å². The number of imidazole rings is 1. The summed E-state index contributed by atoms with van der Waals surface area (Å²) in [5.74, 6) is 0.319. The van der Waals surface area contributed by atoms with Crippen molar-refractivity contribution >= 4 is 34.5 Å². The molecule has 180 valence electrons. The Labute approximate surface area is 205 Å². The van der Waals surface area contributed by atoms with E-state index in [0.717, 1.165) is 5.56 Å². The summed E-state index contributed by atoms with van der Waals surface area (Å²) in [6.45, 7) is 0.495. The van der Waals surface area contributed by atoms with Crippen LogP contribution in [0.4, 0.5) is 5.82 Å². The molecule has 1 aliphatic rings. The van der Waals surface area contributed by atoms with E-state index in [1.807, 2.05) is 36.4 Å². The predicted molar refractivity (Wildman–Crippen MR) is 130 cm³/mol. The van der Waals surface area contributed by atoms with Crippen molar-refractivity contribution < 1.29 is 19.7 Å². The second-order valence-electron chi connectivity index (χ2n) is 8.11. The highest BCUT2D eigenvalue weighted by atomic mass is 35.5. The predicted octanol–water partition coefficient (Wildman–Crippen LogP) is 2.12. The number of aliphatic hydroxyl groups excluding tert-OH is 2. The van der Waals surface area contributed by atoms with Gasteiger partial charge in [0, 0.05) is 24.2 Å². The van der Waals surface area contributed by atoms with Gasteiger partial charge in [-0.05, 0) is 17.7 Å². The summed E-state index contributed by atoms with van der Waals surface area (Å²) in [7, 11) is 1.43. The Morgan fingerprint density at radius 1 is 1.11 bits per heavy atom. The van der Waals surface area contributed by atoms with Crippen molar-refractivity contribution in [3.05, 3.63) is 71.5 Å². The third kappa shape index (κ3) is 4.44. The van der Waals surface area contributed by atoms with Crippen LogP contribution in [0.3, 0.4) is 0 Å². The second-order valence-corrected chi connectivity index (χ2v) is 8.55. The fourth-order valence-corrected chi connectivity index (χ4v) is 4.20. The molecule has 4 aromatic rings. The Morgan fingerprint density at radius 3 is 2.66 bits per heavy atom. The van der Waals surface area contributed by atoms with Gasteiger partial charge in [0.25, 0.3) is 5.91 Å². The summed E-state index contributed by atoms with van der Waals surface area (Å²) in [6, 6.07) is 17.0. The van der Waals surface area contributed by atoms with Gasteiger partial charge in [-0.3, -0.25) is 9.36 Å². The average Bonchev–Trinajstić information content (AvgIpc) is 3.43. The van der Waals surface area contributed by atoms with Gasteiger partial charge in [-0.1, -0.05) is 54.1 Å². The van der Waals surface area contributed by atoms with Crippen LogP contribution >= 0.6 is 11.6 Å². The summed E-state index contributed by atoms with van der Waals surface area (Å²) in [4.78, 5) is 25.9. The first-order chi connectivity index (χ1) is 17.0. The minimum absolute atomic E-state index is 0.361. The van der Waals surface area contributed by atoms with Gasteiger partial charge in [-0.2, -0.15) is 0 Å². The smallest absolute Gasteiger partial charge is 0.251 e. The molecule has 1 amide bonds. The van der Waals surface area contributed by atoms with E-state index in [0.29, 0.717) is 39.9 Å². The number of carbonyl (C=O) groups excluding carboxylic acids is 1. The quantitative estimate of drug-likeness (QED) is 0.320. The molecule has 0 bridgehead atoms. The molecule has 0 spiro atoms. The SMILES string of the molecule is CNC(=O)[C@@H]1OC(n2cnc3c(NCc4ccccc4)nc(-c4cccc(Cl)c4)nc32)C(O)C1O. The minimum atomic E-state index is -1.41. The average molecular weight is 495 g/mol. The van der Waals surface area contributed by atoms with Crippen LogP contribution in [0.25, 0.3) is 22.6 Å². The largest absolute Gasteiger partial charge is 0.387 e. The van der Waals surface area contributed by atoms with E-state index in [1.165, 1.54) is 17.9 Å². The van der Waals surface area contributed by atoms with Crippen LogP contribution in [0.2, 0.25) is 5.02 Å². The van der Waals surface area contributed by atoms with E-state index >= 15 is 0 Å². The van der Waals surface area contributed by atoms with Crippen LogP contribution in [-0.4, -0.2) is 61.0 Å². The molecule has 2 aromatic heterocycles. The van der Waals surface area contributed by atoms with E-state index in [4.69, 9.17) is 16.3 Å². The molecular formula is C24H23ClN6O4. The Morgan fingerprint density at radius 2 is 1.91 bits per heavy atom. The van der Waals surface area contributed by atoms with Crippen LogP contribution in [0.5, 0.6) is 0 Å². The monoisotopic (exact) mass is 494 g/mol. The molecule has 0 aliphatic carbocycles. The van der Waals surface area contributed by atoms with E-state index in [2.05, 4.69) is 25.6 Å². The van der Waals surface area contributed by atoms with Gasteiger partial charge in [0.2, 0.25) is 0 Å². The normalized spacial score (nSPS) is 21.8. The lowest BCUT2D eigenvalue weighted by Crippen LogP contribution is -2.41. The molecule has 4 atom stereocenters. The maximum absolute atomic E-state index is 12.1. The topological polar surface area (TPSA) is 134 Å². The van der Waals surface area contributed by atoms with Gasteiger partial charge in [0.05, 0.1) is 6.33 Å². The number of ether oxygens (including phenoxy) is 1. The van der Waals surface area contributed by atoms with Crippen molar-refractivity contribution in [2.75, 3.05) is 12.4 Å². The molecule has 10 nitrogen and oxygen atoms in total. The lowest BCUT2D eigenvalue weighted by atomic mass is 10.1. The highest BCUT2D eigenvalue weighted by Crippen LogP contribution is 2.34. The number of nitrogens with zero attached hydrogens (tertiary/aromatic N) is 4. The standard InChI is InChI=1S/C24H23ClN6O4/c1-26-23(34)19-17(32)18(33)24(35-19)31-12-28-16-21(27-11-13-6-3-2-4-7-13)29-20(30-22(16)31)14-8-5-9-15(25)10-14/h2-10,12,17-19,24,32-33H,11H2,1H3,(H,26,34)(H,27,29,30)/t17?,18?,19-,24?/m1/s1. The molecule has 3 unspecified atom stereocenters. The number of aliphatic hydroxyl groups is 2. The van der Waals surface area contributed by atoms with Gasteiger partial charge in [0.1, 0.15) is 12.2 Å². The Bertz CT molecular complexity index is 1360. The summed E-state index contributed by atoms with van der Waals surface area (Å²) < 4.78 is 7.23. The number of likely N-dealkylation sites (N-methyl/N-ethyl adjacent to an activating group) is 1. The van der Waals surface area contributed by atoms with Crippen LogP contribution in [0.1, 0.15) is 11.8 Å². The van der Waals surface area contributed by atoms with Gasteiger partial charge < -0.3 is 25.6 Å². The van der Waals surface area contributed by atoms with Crippen molar-refractivity contribution in [1.82, 2.24) is 24.8 Å². The molecular weight excluding hydrogens is 472 g/mol. The molecule has 0 radical (unpaired) electrons. The number of anilines is 1. The first-order valence-corrected chi connectivity index (χ1v) is 11.4. The summed E-state index contributed by atoms with van der Waals surface area (Å²) >= 11 is 6.19. The van der Waals surface area contributed by atoms with E-state index in [1.54, 1.807) is 18.2 Å². The van der Waals surface area contributed by atoms with Gasteiger partial charge >= 0.3 is 0 Å². The van der Waals surface area contributed by atoms with E-state index in [-0.39, 0.29) is 0 Å². The molecule has 3 heterocycles. The highest BCUT2D eigenvalue weighted by molar-refractivity contribution is 6.30.